The zero-order valence-electron chi connectivity index (χ0n) is 20.6. The summed E-state index contributed by atoms with van der Waals surface area (Å²) in [7, 11) is 1.93. The third kappa shape index (κ3) is 5.43. The molecule has 0 saturated carbocycles. The molecular weight excluding hydrogens is 454 g/mol. The minimum absolute atomic E-state index is 0.0461. The van der Waals surface area contributed by atoms with Gasteiger partial charge in [0.2, 0.25) is 5.88 Å². The lowest BCUT2D eigenvalue weighted by Crippen LogP contribution is -2.14. The molecule has 6 heteroatoms. The van der Waals surface area contributed by atoms with Crippen molar-refractivity contribution in [3.63, 3.8) is 0 Å². The number of aromatic hydroxyl groups is 2. The first-order chi connectivity index (χ1) is 16.9. The van der Waals surface area contributed by atoms with E-state index in [1.54, 1.807) is 6.20 Å². The number of unbranched alkanes of at least 4 members (excludes halogenated alkanes) is 1. The lowest BCUT2D eigenvalue weighted by Gasteiger charge is -2.25. The number of rotatable bonds is 8. The molecule has 5 nitrogen and oxygen atoms in total. The molecule has 4 rings (SSSR count). The van der Waals surface area contributed by atoms with E-state index < -0.39 is 0 Å². The summed E-state index contributed by atoms with van der Waals surface area (Å²) in [5, 5.41) is 22.2. The summed E-state index contributed by atoms with van der Waals surface area (Å²) < 4.78 is 0. The van der Waals surface area contributed by atoms with Gasteiger partial charge in [-0.15, -0.1) is 0 Å². The number of aryl methyl sites for hydroxylation is 3. The molecule has 0 radical (unpaired) electrons. The first-order valence-corrected chi connectivity index (χ1v) is 12.7. The van der Waals surface area contributed by atoms with Gasteiger partial charge in [0.1, 0.15) is 10.6 Å². The van der Waals surface area contributed by atoms with E-state index in [2.05, 4.69) is 29.0 Å². The quantitative estimate of drug-likeness (QED) is 0.270. The Morgan fingerprint density at radius 1 is 0.971 bits per heavy atom. The number of pyridine rings is 2. The van der Waals surface area contributed by atoms with E-state index in [-0.39, 0.29) is 11.6 Å². The maximum Gasteiger partial charge on any atom is 0.229 e. The minimum Gasteiger partial charge on any atom is -0.504 e. The fourth-order valence-corrected chi connectivity index (χ4v) is 4.96. The van der Waals surface area contributed by atoms with Crippen molar-refractivity contribution in [1.29, 1.82) is 0 Å². The van der Waals surface area contributed by atoms with Gasteiger partial charge in [0, 0.05) is 35.1 Å². The Bertz CT molecular complexity index is 1320. The predicted octanol–water partition coefficient (Wildman–Crippen LogP) is 7.43. The van der Waals surface area contributed by atoms with Crippen LogP contribution in [0.3, 0.4) is 0 Å². The van der Waals surface area contributed by atoms with Crippen LogP contribution in [0.1, 0.15) is 36.7 Å². The van der Waals surface area contributed by atoms with Crippen LogP contribution in [0.2, 0.25) is 0 Å². The summed E-state index contributed by atoms with van der Waals surface area (Å²) >= 11 is 1.31. The standard InChI is InChI=1S/C29H31N3O2S/c1-5-6-12-25-26(32(4)22-10-7-9-19(2)18-22)27(33)28(29(34)31-25)35-23-15-13-21(14-16-23)24-11-8-17-30-20(24)3/h7-11,13-18H,5-6,12H2,1-4H3,(H2,31,33,34). The zero-order valence-corrected chi connectivity index (χ0v) is 21.4. The molecule has 0 bridgehead atoms. The van der Waals surface area contributed by atoms with Crippen molar-refractivity contribution in [3.8, 4) is 22.8 Å². The highest BCUT2D eigenvalue weighted by Crippen LogP contribution is 2.48. The van der Waals surface area contributed by atoms with Gasteiger partial charge in [-0.25, -0.2) is 4.98 Å². The maximum absolute atomic E-state index is 11.4. The molecule has 2 heterocycles. The van der Waals surface area contributed by atoms with Gasteiger partial charge in [0.25, 0.3) is 0 Å². The molecule has 0 aliphatic heterocycles. The molecule has 2 N–H and O–H groups in total. The monoisotopic (exact) mass is 485 g/mol. The molecule has 0 amide bonds. The Morgan fingerprint density at radius 2 is 1.74 bits per heavy atom. The van der Waals surface area contributed by atoms with Crippen LogP contribution in [0, 0.1) is 13.8 Å². The fourth-order valence-electron chi connectivity index (χ4n) is 4.12. The van der Waals surface area contributed by atoms with Crippen LogP contribution in [-0.4, -0.2) is 27.2 Å². The predicted molar refractivity (Wildman–Crippen MR) is 144 cm³/mol. The second kappa shape index (κ2) is 10.8. The second-order valence-corrected chi connectivity index (χ2v) is 9.76. The molecule has 0 unspecified atom stereocenters. The van der Waals surface area contributed by atoms with Gasteiger partial charge < -0.3 is 15.1 Å². The zero-order chi connectivity index (χ0) is 24.9. The van der Waals surface area contributed by atoms with Gasteiger partial charge in [0.15, 0.2) is 5.75 Å². The van der Waals surface area contributed by atoms with Crippen LogP contribution in [0.25, 0.3) is 11.1 Å². The Kier molecular flexibility index (Phi) is 7.61. The van der Waals surface area contributed by atoms with E-state index in [0.717, 1.165) is 45.8 Å². The summed E-state index contributed by atoms with van der Waals surface area (Å²) in [6.45, 7) is 6.15. The van der Waals surface area contributed by atoms with Gasteiger partial charge in [-0.1, -0.05) is 55.4 Å². The summed E-state index contributed by atoms with van der Waals surface area (Å²) in [6.07, 6.45) is 4.38. The van der Waals surface area contributed by atoms with E-state index in [4.69, 9.17) is 0 Å². The number of aromatic nitrogens is 2. The van der Waals surface area contributed by atoms with Crippen LogP contribution in [-0.2, 0) is 6.42 Å². The summed E-state index contributed by atoms with van der Waals surface area (Å²) in [4.78, 5) is 12.1. The molecule has 0 fully saturated rings. The van der Waals surface area contributed by atoms with Crippen molar-refractivity contribution in [2.24, 2.45) is 0 Å². The third-order valence-corrected chi connectivity index (χ3v) is 7.13. The van der Waals surface area contributed by atoms with Crippen LogP contribution >= 0.6 is 11.8 Å². The van der Waals surface area contributed by atoms with Crippen molar-refractivity contribution in [1.82, 2.24) is 9.97 Å². The fraction of sp³-hybridized carbons (Fsp3) is 0.241. The second-order valence-electron chi connectivity index (χ2n) is 8.67. The Balaban J connectivity index is 1.71. The lowest BCUT2D eigenvalue weighted by molar-refractivity contribution is 0.410. The van der Waals surface area contributed by atoms with Crippen molar-refractivity contribution in [2.45, 2.75) is 49.8 Å². The SMILES string of the molecule is CCCCc1nc(O)c(Sc2ccc(-c3cccnc3C)cc2)c(O)c1N(C)c1cccc(C)c1. The maximum atomic E-state index is 11.4. The first-order valence-electron chi connectivity index (χ1n) is 11.8. The lowest BCUT2D eigenvalue weighted by atomic mass is 10.1. The van der Waals surface area contributed by atoms with E-state index >= 15 is 0 Å². The summed E-state index contributed by atoms with van der Waals surface area (Å²) in [6, 6.07) is 20.1. The number of hydrogen-bond donors (Lipinski definition) is 2. The average Bonchev–Trinajstić information content (AvgIpc) is 2.85. The van der Waals surface area contributed by atoms with E-state index in [9.17, 15) is 10.2 Å². The molecule has 4 aromatic rings. The van der Waals surface area contributed by atoms with Crippen LogP contribution in [0.4, 0.5) is 11.4 Å². The normalized spacial score (nSPS) is 11.0. The molecule has 0 saturated heterocycles. The summed E-state index contributed by atoms with van der Waals surface area (Å²) in [5.41, 5.74) is 6.54. The molecule has 180 valence electrons. The molecule has 2 aromatic carbocycles. The number of hydrogen-bond acceptors (Lipinski definition) is 6. The average molecular weight is 486 g/mol. The van der Waals surface area contributed by atoms with Gasteiger partial charge >= 0.3 is 0 Å². The smallest absolute Gasteiger partial charge is 0.229 e. The minimum atomic E-state index is -0.146. The molecular formula is C29H31N3O2S. The third-order valence-electron chi connectivity index (χ3n) is 6.04. The van der Waals surface area contributed by atoms with E-state index in [0.29, 0.717) is 22.7 Å². The Morgan fingerprint density at radius 3 is 2.43 bits per heavy atom. The molecule has 0 atom stereocenters. The molecule has 2 aromatic heterocycles. The highest BCUT2D eigenvalue weighted by molar-refractivity contribution is 7.99. The Labute approximate surface area is 211 Å². The van der Waals surface area contributed by atoms with Gasteiger partial charge in [-0.05, 0) is 68.1 Å². The molecule has 35 heavy (non-hydrogen) atoms. The first kappa shape index (κ1) is 24.6. The van der Waals surface area contributed by atoms with Crippen LogP contribution < -0.4 is 4.90 Å². The molecule has 0 spiro atoms. The number of anilines is 2. The van der Waals surface area contributed by atoms with Gasteiger partial charge in [-0.2, -0.15) is 0 Å². The van der Waals surface area contributed by atoms with Gasteiger partial charge in [-0.3, -0.25) is 4.98 Å². The topological polar surface area (TPSA) is 69.5 Å². The van der Waals surface area contributed by atoms with Crippen LogP contribution in [0.15, 0.2) is 76.7 Å². The highest BCUT2D eigenvalue weighted by atomic mass is 32.2. The van der Waals surface area contributed by atoms with Gasteiger partial charge in [0.05, 0.1) is 5.69 Å². The Hall–Kier alpha value is -3.51. The summed E-state index contributed by atoms with van der Waals surface area (Å²) in [5.74, 6) is -0.100. The van der Waals surface area contributed by atoms with Crippen molar-refractivity contribution < 1.29 is 10.2 Å². The largest absolute Gasteiger partial charge is 0.504 e. The van der Waals surface area contributed by atoms with Crippen molar-refractivity contribution >= 4 is 23.1 Å². The van der Waals surface area contributed by atoms with E-state index in [1.807, 2.05) is 74.3 Å². The van der Waals surface area contributed by atoms with Crippen molar-refractivity contribution in [3.05, 3.63) is 83.8 Å². The number of benzene rings is 2. The van der Waals surface area contributed by atoms with E-state index in [1.165, 1.54) is 11.8 Å². The molecule has 0 aliphatic rings. The number of nitrogens with zero attached hydrogens (tertiary/aromatic N) is 3. The van der Waals surface area contributed by atoms with Crippen LogP contribution in [0.5, 0.6) is 11.6 Å². The molecule has 0 aliphatic carbocycles. The van der Waals surface area contributed by atoms with Crippen molar-refractivity contribution in [2.75, 3.05) is 11.9 Å². The highest BCUT2D eigenvalue weighted by Gasteiger charge is 2.23.